The third-order valence-electron chi connectivity index (χ3n) is 2.27. The second-order valence-corrected chi connectivity index (χ2v) is 5.28. The molecule has 0 amide bonds. The zero-order chi connectivity index (χ0) is 11.5. The summed E-state index contributed by atoms with van der Waals surface area (Å²) in [6.45, 7) is 6.75. The second-order valence-electron chi connectivity index (χ2n) is 5.28. The molecule has 1 rings (SSSR count). The Bertz CT molecular complexity index is 226. The van der Waals surface area contributed by atoms with Crippen LogP contribution in [0, 0.1) is 0 Å². The van der Waals surface area contributed by atoms with Crippen molar-refractivity contribution in [1.29, 1.82) is 0 Å². The van der Waals surface area contributed by atoms with E-state index in [1.54, 1.807) is 0 Å². The number of carbonyl (C=O) groups is 1. The maximum Gasteiger partial charge on any atom is 0.308 e. The van der Waals surface area contributed by atoms with Gasteiger partial charge in [0.2, 0.25) is 0 Å². The van der Waals surface area contributed by atoms with Crippen LogP contribution in [0.1, 0.15) is 40.0 Å². The lowest BCUT2D eigenvalue weighted by Crippen LogP contribution is -2.49. The molecule has 4 heteroatoms. The van der Waals surface area contributed by atoms with Crippen molar-refractivity contribution in [3.05, 3.63) is 0 Å². The van der Waals surface area contributed by atoms with Crippen molar-refractivity contribution in [2.24, 2.45) is 5.73 Å². The lowest BCUT2D eigenvalue weighted by atomic mass is 9.90. The van der Waals surface area contributed by atoms with Crippen molar-refractivity contribution < 1.29 is 14.3 Å². The van der Waals surface area contributed by atoms with E-state index in [1.165, 1.54) is 0 Å². The molecule has 88 valence electrons. The number of ether oxygens (including phenoxy) is 2. The fourth-order valence-corrected chi connectivity index (χ4v) is 1.68. The molecule has 0 spiro atoms. The SMILES string of the molecule is CC(C)(C)OC(=O)CC1(N)CCCOC1. The van der Waals surface area contributed by atoms with Gasteiger partial charge in [0.25, 0.3) is 0 Å². The van der Waals surface area contributed by atoms with Gasteiger partial charge in [-0.3, -0.25) is 4.79 Å². The summed E-state index contributed by atoms with van der Waals surface area (Å²) < 4.78 is 10.5. The highest BCUT2D eigenvalue weighted by Crippen LogP contribution is 2.21. The molecule has 1 unspecified atom stereocenters. The Kier molecular flexibility index (Phi) is 3.73. The standard InChI is InChI=1S/C11H21NO3/c1-10(2,3)15-9(13)7-11(12)5-4-6-14-8-11/h4-8,12H2,1-3H3. The Hall–Kier alpha value is -0.610. The van der Waals surface area contributed by atoms with Gasteiger partial charge in [-0.05, 0) is 33.6 Å². The number of rotatable bonds is 2. The van der Waals surface area contributed by atoms with Crippen LogP contribution in [-0.4, -0.2) is 30.3 Å². The quantitative estimate of drug-likeness (QED) is 0.704. The summed E-state index contributed by atoms with van der Waals surface area (Å²) in [5, 5.41) is 0. The molecule has 0 aromatic heterocycles. The van der Waals surface area contributed by atoms with Gasteiger partial charge in [-0.25, -0.2) is 0 Å². The Labute approximate surface area is 91.1 Å². The van der Waals surface area contributed by atoms with Crippen LogP contribution >= 0.6 is 0 Å². The maximum absolute atomic E-state index is 11.6. The number of hydrogen-bond acceptors (Lipinski definition) is 4. The van der Waals surface area contributed by atoms with Crippen LogP contribution in [0.4, 0.5) is 0 Å². The predicted molar refractivity (Wildman–Crippen MR) is 57.4 cm³/mol. The van der Waals surface area contributed by atoms with Gasteiger partial charge in [0.05, 0.1) is 13.0 Å². The van der Waals surface area contributed by atoms with Gasteiger partial charge >= 0.3 is 5.97 Å². The van der Waals surface area contributed by atoms with Gasteiger partial charge in [0.1, 0.15) is 5.60 Å². The van der Waals surface area contributed by atoms with Gasteiger partial charge in [0, 0.05) is 12.1 Å². The fourth-order valence-electron chi connectivity index (χ4n) is 1.68. The molecule has 1 aliphatic heterocycles. The molecule has 2 N–H and O–H groups in total. The molecule has 4 nitrogen and oxygen atoms in total. The molecule has 0 bridgehead atoms. The lowest BCUT2D eigenvalue weighted by molar-refractivity contribution is -0.157. The Balaban J connectivity index is 2.42. The summed E-state index contributed by atoms with van der Waals surface area (Å²) in [5.41, 5.74) is 5.08. The molecular weight excluding hydrogens is 194 g/mol. The maximum atomic E-state index is 11.6. The van der Waals surface area contributed by atoms with Crippen LogP contribution < -0.4 is 5.73 Å². The molecule has 0 radical (unpaired) electrons. The average molecular weight is 215 g/mol. The van der Waals surface area contributed by atoms with Gasteiger partial charge in [-0.2, -0.15) is 0 Å². The first-order valence-electron chi connectivity index (χ1n) is 5.39. The number of carbonyl (C=O) groups excluding carboxylic acids is 1. The minimum atomic E-state index is -0.527. The van der Waals surface area contributed by atoms with Gasteiger partial charge in [-0.15, -0.1) is 0 Å². The largest absolute Gasteiger partial charge is 0.460 e. The molecule has 0 saturated carbocycles. The summed E-state index contributed by atoms with van der Waals surface area (Å²) in [5.74, 6) is -0.240. The highest BCUT2D eigenvalue weighted by atomic mass is 16.6. The van der Waals surface area contributed by atoms with E-state index < -0.39 is 11.1 Å². The topological polar surface area (TPSA) is 61.5 Å². The summed E-state index contributed by atoms with van der Waals surface area (Å²) in [7, 11) is 0. The molecule has 0 aliphatic carbocycles. The molecule has 1 fully saturated rings. The summed E-state index contributed by atoms with van der Waals surface area (Å²) >= 11 is 0. The molecular formula is C11H21NO3. The highest BCUT2D eigenvalue weighted by Gasteiger charge is 2.32. The van der Waals surface area contributed by atoms with Crippen molar-refractivity contribution in [3.8, 4) is 0 Å². The van der Waals surface area contributed by atoms with Gasteiger partial charge < -0.3 is 15.2 Å². The van der Waals surface area contributed by atoms with E-state index in [1.807, 2.05) is 20.8 Å². The van der Waals surface area contributed by atoms with Crippen molar-refractivity contribution in [3.63, 3.8) is 0 Å². The number of hydrogen-bond donors (Lipinski definition) is 1. The molecule has 0 aromatic carbocycles. The molecule has 1 aliphatic rings. The van der Waals surface area contributed by atoms with E-state index in [0.717, 1.165) is 19.4 Å². The first kappa shape index (κ1) is 12.5. The van der Waals surface area contributed by atoms with Gasteiger partial charge in [-0.1, -0.05) is 0 Å². The predicted octanol–water partition coefficient (Wildman–Crippen LogP) is 1.23. The Morgan fingerprint density at radius 2 is 2.20 bits per heavy atom. The Morgan fingerprint density at radius 1 is 1.53 bits per heavy atom. The molecule has 1 saturated heterocycles. The lowest BCUT2D eigenvalue weighted by Gasteiger charge is -2.33. The van der Waals surface area contributed by atoms with Crippen LogP contribution in [0.3, 0.4) is 0 Å². The van der Waals surface area contributed by atoms with Crippen molar-refractivity contribution in [2.45, 2.75) is 51.2 Å². The van der Waals surface area contributed by atoms with E-state index in [0.29, 0.717) is 6.61 Å². The monoisotopic (exact) mass is 215 g/mol. The van der Waals surface area contributed by atoms with Gasteiger partial charge in [0.15, 0.2) is 0 Å². The van der Waals surface area contributed by atoms with Crippen LogP contribution in [0.5, 0.6) is 0 Å². The third kappa shape index (κ3) is 4.62. The van der Waals surface area contributed by atoms with E-state index in [4.69, 9.17) is 15.2 Å². The first-order valence-corrected chi connectivity index (χ1v) is 5.39. The van der Waals surface area contributed by atoms with Crippen molar-refractivity contribution in [1.82, 2.24) is 0 Å². The summed E-state index contributed by atoms with van der Waals surface area (Å²) in [6, 6.07) is 0. The fraction of sp³-hybridized carbons (Fsp3) is 0.909. The van der Waals surface area contributed by atoms with E-state index >= 15 is 0 Å². The van der Waals surface area contributed by atoms with Crippen LogP contribution in [0.25, 0.3) is 0 Å². The normalized spacial score (nSPS) is 27.5. The van der Waals surface area contributed by atoms with Crippen LogP contribution in [0.2, 0.25) is 0 Å². The van der Waals surface area contributed by atoms with E-state index in [2.05, 4.69) is 0 Å². The third-order valence-corrected chi connectivity index (χ3v) is 2.27. The first-order chi connectivity index (χ1) is 6.81. The number of esters is 1. The van der Waals surface area contributed by atoms with Crippen LogP contribution in [0.15, 0.2) is 0 Å². The zero-order valence-corrected chi connectivity index (χ0v) is 9.84. The average Bonchev–Trinajstić information content (AvgIpc) is 1.99. The minimum Gasteiger partial charge on any atom is -0.460 e. The number of nitrogens with two attached hydrogens (primary N) is 1. The van der Waals surface area contributed by atoms with E-state index in [9.17, 15) is 4.79 Å². The Morgan fingerprint density at radius 3 is 2.67 bits per heavy atom. The van der Waals surface area contributed by atoms with E-state index in [-0.39, 0.29) is 12.4 Å². The molecule has 0 aromatic rings. The second kappa shape index (κ2) is 4.49. The summed E-state index contributed by atoms with van der Waals surface area (Å²) in [6.07, 6.45) is 1.98. The van der Waals surface area contributed by atoms with Crippen molar-refractivity contribution >= 4 is 5.97 Å². The van der Waals surface area contributed by atoms with Crippen LogP contribution in [-0.2, 0) is 14.3 Å². The molecule has 1 atom stereocenters. The highest BCUT2D eigenvalue weighted by molar-refractivity contribution is 5.71. The summed E-state index contributed by atoms with van der Waals surface area (Å²) in [4.78, 5) is 11.6. The minimum absolute atomic E-state index is 0.240. The zero-order valence-electron chi connectivity index (χ0n) is 9.84. The molecule has 1 heterocycles. The smallest absolute Gasteiger partial charge is 0.308 e. The van der Waals surface area contributed by atoms with Crippen molar-refractivity contribution in [2.75, 3.05) is 13.2 Å². The molecule has 15 heavy (non-hydrogen) atoms.